The summed E-state index contributed by atoms with van der Waals surface area (Å²) in [6.45, 7) is 1.19. The molecule has 0 saturated heterocycles. The third-order valence-electron chi connectivity index (χ3n) is 4.85. The maximum absolute atomic E-state index is 13.1. The number of fused-ring (bicyclic) bond motifs is 1. The summed E-state index contributed by atoms with van der Waals surface area (Å²) >= 11 is 26.2. The van der Waals surface area contributed by atoms with Crippen LogP contribution in [0.5, 0.6) is 0 Å². The van der Waals surface area contributed by atoms with Gasteiger partial charge >= 0.3 is 6.03 Å². The van der Waals surface area contributed by atoms with E-state index in [0.717, 1.165) is 6.54 Å². The molecule has 1 unspecified atom stereocenters. The minimum atomic E-state index is -1.84. The van der Waals surface area contributed by atoms with E-state index in [1.165, 1.54) is 0 Å². The quantitative estimate of drug-likeness (QED) is 0.576. The second-order valence-corrected chi connectivity index (χ2v) is 9.72. The monoisotopic (exact) mass is 459 g/mol. The number of rotatable bonds is 5. The molecule has 28 heavy (non-hydrogen) atoms. The van der Waals surface area contributed by atoms with Crippen molar-refractivity contribution in [2.75, 3.05) is 32.5 Å². The van der Waals surface area contributed by atoms with Crippen LogP contribution in [0, 0.1) is 0 Å². The van der Waals surface area contributed by atoms with Gasteiger partial charge in [-0.15, -0.1) is 0 Å². The van der Waals surface area contributed by atoms with Gasteiger partial charge in [0.25, 0.3) is 0 Å². The van der Waals surface area contributed by atoms with Gasteiger partial charge in [-0.3, -0.25) is 0 Å². The summed E-state index contributed by atoms with van der Waals surface area (Å²) in [6, 6.07) is 14.2. The summed E-state index contributed by atoms with van der Waals surface area (Å²) in [6.07, 6.45) is 0.714. The van der Waals surface area contributed by atoms with Crippen molar-refractivity contribution < 1.29 is 4.79 Å². The minimum Gasteiger partial charge on any atom is -0.309 e. The molecule has 3 rings (SSSR count). The predicted octanol–water partition coefficient (Wildman–Crippen LogP) is 5.75. The molecule has 1 aliphatic heterocycles. The fraction of sp³-hybridized carbons (Fsp3) is 0.350. The number of amides is 2. The molecule has 2 aromatic carbocycles. The number of nitrogens with zero attached hydrogens (tertiary/aromatic N) is 2. The number of anilines is 1. The van der Waals surface area contributed by atoms with Crippen LogP contribution in [-0.2, 0) is 5.54 Å². The number of carbonyl (C=O) groups is 1. The molecule has 150 valence electrons. The zero-order valence-corrected chi connectivity index (χ0v) is 18.6. The SMILES string of the molecule is CN(C)CCCN1C(=O)Nc2ccc(Cl)cc2C1(c1ccccc1)C(Cl)(Cl)Cl. The molecule has 0 bridgehead atoms. The molecule has 0 aromatic heterocycles. The number of alkyl halides is 3. The highest BCUT2D eigenvalue weighted by atomic mass is 35.6. The molecular formula is C20H21Cl4N3O. The molecule has 0 aliphatic carbocycles. The van der Waals surface area contributed by atoms with Crippen LogP contribution in [0.15, 0.2) is 48.5 Å². The van der Waals surface area contributed by atoms with Crippen LogP contribution in [0.3, 0.4) is 0 Å². The summed E-state index contributed by atoms with van der Waals surface area (Å²) in [5.74, 6) is 0. The molecule has 1 N–H and O–H groups in total. The summed E-state index contributed by atoms with van der Waals surface area (Å²) in [4.78, 5) is 16.8. The maximum Gasteiger partial charge on any atom is 0.323 e. The molecule has 2 amide bonds. The average Bonchev–Trinajstić information content (AvgIpc) is 2.62. The van der Waals surface area contributed by atoms with Crippen LogP contribution in [0.1, 0.15) is 17.5 Å². The van der Waals surface area contributed by atoms with Crippen LogP contribution in [0.25, 0.3) is 0 Å². The Labute approximate surface area is 185 Å². The van der Waals surface area contributed by atoms with E-state index >= 15 is 0 Å². The topological polar surface area (TPSA) is 35.6 Å². The third kappa shape index (κ3) is 3.81. The Kier molecular flexibility index (Phi) is 6.38. The fourth-order valence-electron chi connectivity index (χ4n) is 3.68. The number of urea groups is 1. The van der Waals surface area contributed by atoms with Crippen molar-refractivity contribution in [1.29, 1.82) is 0 Å². The molecule has 2 aromatic rings. The Bertz CT molecular complexity index is 854. The van der Waals surface area contributed by atoms with Gasteiger partial charge in [0.15, 0.2) is 0 Å². The van der Waals surface area contributed by atoms with Crippen LogP contribution in [0.2, 0.25) is 5.02 Å². The molecular weight excluding hydrogens is 440 g/mol. The highest BCUT2D eigenvalue weighted by Gasteiger charge is 2.59. The van der Waals surface area contributed by atoms with Crippen molar-refractivity contribution in [3.05, 3.63) is 64.7 Å². The molecule has 0 saturated carbocycles. The van der Waals surface area contributed by atoms with Gasteiger partial charge in [0.1, 0.15) is 5.54 Å². The van der Waals surface area contributed by atoms with Crippen molar-refractivity contribution in [2.45, 2.75) is 15.8 Å². The van der Waals surface area contributed by atoms with Gasteiger partial charge in [0.2, 0.25) is 3.79 Å². The summed E-state index contributed by atoms with van der Waals surface area (Å²) in [5, 5.41) is 3.41. The van der Waals surface area contributed by atoms with Crippen molar-refractivity contribution in [3.63, 3.8) is 0 Å². The second-order valence-electron chi connectivity index (χ2n) is 7.00. The number of benzene rings is 2. The maximum atomic E-state index is 13.1. The van der Waals surface area contributed by atoms with Gasteiger partial charge in [0.05, 0.1) is 0 Å². The van der Waals surface area contributed by atoms with Gasteiger partial charge in [-0.25, -0.2) is 4.79 Å². The third-order valence-corrected chi connectivity index (χ3v) is 5.91. The predicted molar refractivity (Wildman–Crippen MR) is 118 cm³/mol. The smallest absolute Gasteiger partial charge is 0.309 e. The van der Waals surface area contributed by atoms with Crippen LogP contribution in [-0.4, -0.2) is 46.8 Å². The molecule has 0 radical (unpaired) electrons. The zero-order chi connectivity index (χ0) is 20.5. The van der Waals surface area contributed by atoms with E-state index in [2.05, 4.69) is 5.32 Å². The highest BCUT2D eigenvalue weighted by molar-refractivity contribution is 6.68. The Morgan fingerprint density at radius 1 is 1.11 bits per heavy atom. The Balaban J connectivity index is 2.27. The lowest BCUT2D eigenvalue weighted by Gasteiger charge is -2.52. The van der Waals surface area contributed by atoms with Crippen molar-refractivity contribution in [1.82, 2.24) is 9.80 Å². The van der Waals surface area contributed by atoms with E-state index in [1.54, 1.807) is 23.1 Å². The molecule has 1 aliphatic rings. The number of carbonyl (C=O) groups excluding carboxylic acids is 1. The van der Waals surface area contributed by atoms with E-state index in [4.69, 9.17) is 46.4 Å². The van der Waals surface area contributed by atoms with Gasteiger partial charge in [0, 0.05) is 22.8 Å². The average molecular weight is 461 g/mol. The lowest BCUT2D eigenvalue weighted by Crippen LogP contribution is -2.62. The van der Waals surface area contributed by atoms with Crippen LogP contribution >= 0.6 is 46.4 Å². The van der Waals surface area contributed by atoms with Gasteiger partial charge in [-0.2, -0.15) is 0 Å². The van der Waals surface area contributed by atoms with E-state index in [9.17, 15) is 4.79 Å². The van der Waals surface area contributed by atoms with Crippen LogP contribution in [0.4, 0.5) is 10.5 Å². The van der Waals surface area contributed by atoms with E-state index in [-0.39, 0.29) is 6.03 Å². The summed E-state index contributed by atoms with van der Waals surface area (Å²) < 4.78 is -1.84. The normalized spacial score (nSPS) is 19.5. The number of nitrogens with one attached hydrogen (secondary N) is 1. The summed E-state index contributed by atoms with van der Waals surface area (Å²) in [5.41, 5.74) is 0.607. The molecule has 1 heterocycles. The first-order valence-electron chi connectivity index (χ1n) is 8.83. The lowest BCUT2D eigenvalue weighted by molar-refractivity contribution is 0.140. The summed E-state index contributed by atoms with van der Waals surface area (Å²) in [7, 11) is 3.95. The van der Waals surface area contributed by atoms with E-state index in [1.807, 2.05) is 49.3 Å². The molecule has 0 spiro atoms. The number of halogens is 4. The Morgan fingerprint density at radius 3 is 2.39 bits per heavy atom. The molecule has 1 atom stereocenters. The van der Waals surface area contributed by atoms with Crippen molar-refractivity contribution in [3.8, 4) is 0 Å². The lowest BCUT2D eigenvalue weighted by atomic mass is 9.79. The zero-order valence-electron chi connectivity index (χ0n) is 15.6. The first kappa shape index (κ1) is 21.5. The standard InChI is InChI=1S/C20H21Cl4N3O/c1-26(2)11-6-12-27-18(28)25-17-10-9-15(21)13-16(17)19(27,20(22,23)24)14-7-4-3-5-8-14/h3-5,7-10,13H,6,11-12H2,1-2H3,(H,25,28). The Morgan fingerprint density at radius 2 is 1.79 bits per heavy atom. The van der Waals surface area contributed by atoms with Crippen molar-refractivity contribution >= 4 is 58.1 Å². The first-order chi connectivity index (χ1) is 13.2. The van der Waals surface area contributed by atoms with Gasteiger partial charge in [-0.1, -0.05) is 76.7 Å². The van der Waals surface area contributed by atoms with E-state index in [0.29, 0.717) is 34.8 Å². The number of hydrogen-bond acceptors (Lipinski definition) is 2. The van der Waals surface area contributed by atoms with Gasteiger partial charge < -0.3 is 15.1 Å². The fourth-order valence-corrected chi connectivity index (χ4v) is 4.79. The molecule has 0 fully saturated rings. The Hall–Kier alpha value is -1.17. The number of hydrogen-bond donors (Lipinski definition) is 1. The van der Waals surface area contributed by atoms with E-state index < -0.39 is 9.33 Å². The molecule has 4 nitrogen and oxygen atoms in total. The first-order valence-corrected chi connectivity index (χ1v) is 10.3. The minimum absolute atomic E-state index is 0.316. The van der Waals surface area contributed by atoms with Crippen LogP contribution < -0.4 is 5.32 Å². The molecule has 8 heteroatoms. The second kappa shape index (κ2) is 8.29. The highest BCUT2D eigenvalue weighted by Crippen LogP contribution is 2.56. The largest absolute Gasteiger partial charge is 0.323 e. The van der Waals surface area contributed by atoms with Gasteiger partial charge in [-0.05, 0) is 50.8 Å². The van der Waals surface area contributed by atoms with Crippen molar-refractivity contribution in [2.24, 2.45) is 0 Å².